The molecule has 0 saturated carbocycles. The molecule has 0 unspecified atom stereocenters. The van der Waals surface area contributed by atoms with Crippen molar-refractivity contribution in [3.8, 4) is 5.75 Å². The maximum Gasteiger partial charge on any atom is 0.310 e. The number of ether oxygens (including phenoxy) is 2. The molecule has 1 saturated heterocycles. The maximum atomic E-state index is 12.3. The van der Waals surface area contributed by atoms with Crippen LogP contribution in [0.15, 0.2) is 42.5 Å². The van der Waals surface area contributed by atoms with Crippen LogP contribution in [0.1, 0.15) is 0 Å². The van der Waals surface area contributed by atoms with Crippen molar-refractivity contribution in [2.24, 2.45) is 0 Å². The van der Waals surface area contributed by atoms with Gasteiger partial charge in [-0.05, 0) is 24.3 Å². The third-order valence-corrected chi connectivity index (χ3v) is 4.24. The van der Waals surface area contributed by atoms with Gasteiger partial charge in [0.25, 0.3) is 5.91 Å². The van der Waals surface area contributed by atoms with Gasteiger partial charge >= 0.3 is 5.69 Å². The van der Waals surface area contributed by atoms with Crippen LogP contribution in [0, 0.1) is 10.1 Å². The van der Waals surface area contributed by atoms with Gasteiger partial charge in [-0.3, -0.25) is 14.9 Å². The molecule has 0 aromatic heterocycles. The molecule has 142 valence electrons. The van der Waals surface area contributed by atoms with E-state index in [-0.39, 0.29) is 18.0 Å². The van der Waals surface area contributed by atoms with Gasteiger partial charge in [-0.2, -0.15) is 0 Å². The van der Waals surface area contributed by atoms with Gasteiger partial charge in [0.05, 0.1) is 29.5 Å². The van der Waals surface area contributed by atoms with Crippen LogP contribution >= 0.6 is 11.6 Å². The predicted octanol–water partition coefficient (Wildman–Crippen LogP) is 3.10. The number of benzene rings is 2. The minimum absolute atomic E-state index is 0.0437. The van der Waals surface area contributed by atoms with E-state index in [2.05, 4.69) is 10.2 Å². The highest BCUT2D eigenvalue weighted by molar-refractivity contribution is 6.31. The third-order valence-electron chi connectivity index (χ3n) is 4.01. The van der Waals surface area contributed by atoms with Crippen LogP contribution in [0.25, 0.3) is 0 Å². The number of anilines is 2. The molecule has 1 heterocycles. The number of hydrogen-bond acceptors (Lipinski definition) is 6. The Labute approximate surface area is 160 Å². The first-order valence-corrected chi connectivity index (χ1v) is 8.70. The Morgan fingerprint density at radius 3 is 2.74 bits per heavy atom. The first kappa shape index (κ1) is 18.9. The summed E-state index contributed by atoms with van der Waals surface area (Å²) in [5, 5.41) is 14.3. The maximum absolute atomic E-state index is 12.3. The van der Waals surface area contributed by atoms with E-state index in [1.165, 1.54) is 18.2 Å². The number of morpholine rings is 1. The largest absolute Gasteiger partial charge is 0.477 e. The molecule has 2 aromatic rings. The number of rotatable bonds is 6. The van der Waals surface area contributed by atoms with Crippen LogP contribution in [0.3, 0.4) is 0 Å². The van der Waals surface area contributed by atoms with E-state index in [9.17, 15) is 14.9 Å². The van der Waals surface area contributed by atoms with Crippen LogP contribution in [-0.2, 0) is 9.53 Å². The molecule has 2 aromatic carbocycles. The molecular formula is C18H18ClN3O5. The molecule has 27 heavy (non-hydrogen) atoms. The monoisotopic (exact) mass is 391 g/mol. The summed E-state index contributed by atoms with van der Waals surface area (Å²) < 4.78 is 10.7. The number of nitrogens with one attached hydrogen (secondary N) is 1. The van der Waals surface area contributed by atoms with Crippen LogP contribution < -0.4 is 15.0 Å². The van der Waals surface area contributed by atoms with Crippen molar-refractivity contribution in [3.05, 3.63) is 57.6 Å². The summed E-state index contributed by atoms with van der Waals surface area (Å²) in [4.78, 5) is 24.8. The molecular weight excluding hydrogens is 374 g/mol. The van der Waals surface area contributed by atoms with Crippen molar-refractivity contribution < 1.29 is 19.2 Å². The van der Waals surface area contributed by atoms with Crippen LogP contribution in [0.2, 0.25) is 5.02 Å². The number of carbonyl (C=O) groups excluding carboxylic acids is 1. The van der Waals surface area contributed by atoms with E-state index < -0.39 is 10.8 Å². The number of para-hydroxylation sites is 2. The molecule has 1 aliphatic rings. The predicted molar refractivity (Wildman–Crippen MR) is 102 cm³/mol. The molecule has 1 amide bonds. The summed E-state index contributed by atoms with van der Waals surface area (Å²) in [7, 11) is 0. The lowest BCUT2D eigenvalue weighted by atomic mass is 10.2. The molecule has 0 aliphatic carbocycles. The summed E-state index contributed by atoms with van der Waals surface area (Å²) in [6.45, 7) is 2.23. The highest BCUT2D eigenvalue weighted by atomic mass is 35.5. The number of nitrogens with zero attached hydrogens (tertiary/aromatic N) is 2. The molecule has 0 radical (unpaired) electrons. The molecule has 1 N–H and O–H groups in total. The van der Waals surface area contributed by atoms with Gasteiger partial charge in [-0.15, -0.1) is 0 Å². The van der Waals surface area contributed by atoms with Crippen molar-refractivity contribution in [3.63, 3.8) is 0 Å². The number of amides is 1. The van der Waals surface area contributed by atoms with E-state index in [0.29, 0.717) is 37.0 Å². The summed E-state index contributed by atoms with van der Waals surface area (Å²) in [5.41, 5.74) is 1.20. The van der Waals surface area contributed by atoms with Crippen molar-refractivity contribution in [1.82, 2.24) is 0 Å². The van der Waals surface area contributed by atoms with E-state index >= 15 is 0 Å². The Kier molecular flexibility index (Phi) is 6.10. The van der Waals surface area contributed by atoms with Gasteiger partial charge in [0, 0.05) is 24.2 Å². The van der Waals surface area contributed by atoms with Gasteiger partial charge in [-0.1, -0.05) is 23.7 Å². The first-order valence-electron chi connectivity index (χ1n) is 8.33. The Balaban J connectivity index is 1.68. The summed E-state index contributed by atoms with van der Waals surface area (Å²) in [5.74, 6) is -0.382. The number of carbonyl (C=O) groups is 1. The van der Waals surface area contributed by atoms with Crippen LogP contribution in [0.5, 0.6) is 5.75 Å². The second-order valence-electron chi connectivity index (χ2n) is 5.82. The number of nitro groups is 1. The molecule has 1 fully saturated rings. The van der Waals surface area contributed by atoms with Gasteiger partial charge in [0.15, 0.2) is 12.4 Å². The zero-order chi connectivity index (χ0) is 19.2. The number of nitro benzene ring substituents is 1. The van der Waals surface area contributed by atoms with Crippen molar-refractivity contribution in [2.75, 3.05) is 43.1 Å². The van der Waals surface area contributed by atoms with Crippen molar-refractivity contribution >= 4 is 34.6 Å². The fraction of sp³-hybridized carbons (Fsp3) is 0.278. The molecule has 9 heteroatoms. The number of halogens is 1. The minimum Gasteiger partial charge on any atom is -0.477 e. The topological polar surface area (TPSA) is 93.9 Å². The Morgan fingerprint density at radius 2 is 2.00 bits per heavy atom. The molecule has 8 nitrogen and oxygen atoms in total. The van der Waals surface area contributed by atoms with E-state index in [1.807, 2.05) is 0 Å². The zero-order valence-electron chi connectivity index (χ0n) is 14.4. The molecule has 0 bridgehead atoms. The van der Waals surface area contributed by atoms with E-state index in [4.69, 9.17) is 21.1 Å². The Morgan fingerprint density at radius 1 is 1.26 bits per heavy atom. The molecule has 3 rings (SSSR count). The average Bonchev–Trinajstić information content (AvgIpc) is 2.68. The Bertz CT molecular complexity index is 839. The minimum atomic E-state index is -0.553. The lowest BCUT2D eigenvalue weighted by Crippen LogP contribution is -2.37. The second-order valence-corrected chi connectivity index (χ2v) is 6.26. The van der Waals surface area contributed by atoms with E-state index in [1.54, 1.807) is 24.3 Å². The van der Waals surface area contributed by atoms with Crippen molar-refractivity contribution in [2.45, 2.75) is 0 Å². The Hall–Kier alpha value is -2.84. The standard InChI is InChI=1S/C18H18ClN3O5/c19-13-5-6-14(16(11-13)21-7-9-26-10-8-21)20-18(23)12-27-17-4-2-1-3-15(17)22(24)25/h1-6,11H,7-10,12H2,(H,20,23). The summed E-state index contributed by atoms with van der Waals surface area (Å²) in [6, 6.07) is 11.1. The SMILES string of the molecule is O=C(COc1ccccc1[N+](=O)[O-])Nc1ccc(Cl)cc1N1CCOCC1. The summed E-state index contributed by atoms with van der Waals surface area (Å²) >= 11 is 6.10. The lowest BCUT2D eigenvalue weighted by Gasteiger charge is -2.30. The lowest BCUT2D eigenvalue weighted by molar-refractivity contribution is -0.385. The number of hydrogen-bond donors (Lipinski definition) is 1. The van der Waals surface area contributed by atoms with Gasteiger partial charge in [-0.25, -0.2) is 0 Å². The second kappa shape index (κ2) is 8.70. The van der Waals surface area contributed by atoms with Crippen LogP contribution in [0.4, 0.5) is 17.1 Å². The van der Waals surface area contributed by atoms with Crippen molar-refractivity contribution in [1.29, 1.82) is 0 Å². The van der Waals surface area contributed by atoms with Crippen LogP contribution in [-0.4, -0.2) is 43.7 Å². The van der Waals surface area contributed by atoms with E-state index in [0.717, 1.165) is 5.69 Å². The molecule has 1 aliphatic heterocycles. The quantitative estimate of drug-likeness (QED) is 0.600. The van der Waals surface area contributed by atoms with Gasteiger partial charge in [0.1, 0.15) is 0 Å². The normalized spacial score (nSPS) is 13.9. The highest BCUT2D eigenvalue weighted by Gasteiger charge is 2.18. The molecule has 0 spiro atoms. The smallest absolute Gasteiger partial charge is 0.310 e. The first-order chi connectivity index (χ1) is 13.0. The molecule has 0 atom stereocenters. The zero-order valence-corrected chi connectivity index (χ0v) is 15.1. The third kappa shape index (κ3) is 4.87. The average molecular weight is 392 g/mol. The highest BCUT2D eigenvalue weighted by Crippen LogP contribution is 2.30. The van der Waals surface area contributed by atoms with Gasteiger partial charge < -0.3 is 19.7 Å². The van der Waals surface area contributed by atoms with Gasteiger partial charge in [0.2, 0.25) is 0 Å². The fourth-order valence-electron chi connectivity index (χ4n) is 2.74. The summed E-state index contributed by atoms with van der Waals surface area (Å²) in [6.07, 6.45) is 0. The fourth-order valence-corrected chi connectivity index (χ4v) is 2.90.